The number of nitrogens with one attached hydrogen (secondary N) is 1. The minimum absolute atomic E-state index is 0.0000265. The number of carbonyl (C=O) groups is 2. The molecule has 19 heavy (non-hydrogen) atoms. The number of carboxylic acid groups (broad SMARTS) is 1. The van der Waals surface area contributed by atoms with Gasteiger partial charge in [-0.05, 0) is 25.3 Å². The molecule has 1 aromatic heterocycles. The van der Waals surface area contributed by atoms with Crippen LogP contribution in [0.25, 0.3) is 0 Å². The Kier molecular flexibility index (Phi) is 4.54. The first-order valence-electron chi connectivity index (χ1n) is 6.65. The molecular formula is C13H19N3O3. The average molecular weight is 265 g/mol. The fourth-order valence-corrected chi connectivity index (χ4v) is 2.49. The number of aryl methyl sites for hydroxylation is 1. The van der Waals surface area contributed by atoms with E-state index in [1.54, 1.807) is 10.9 Å². The highest BCUT2D eigenvalue weighted by molar-refractivity contribution is 5.76. The molecule has 1 aliphatic rings. The second-order valence-electron chi connectivity index (χ2n) is 4.99. The lowest BCUT2D eigenvalue weighted by Crippen LogP contribution is -2.40. The molecule has 6 heteroatoms. The number of carbonyl (C=O) groups excluding carboxylic acids is 1. The Balaban J connectivity index is 1.74. The Morgan fingerprint density at radius 2 is 2.26 bits per heavy atom. The molecular weight excluding hydrogens is 246 g/mol. The molecule has 0 spiro atoms. The number of aliphatic carboxylic acids is 1. The van der Waals surface area contributed by atoms with Gasteiger partial charge in [-0.15, -0.1) is 0 Å². The molecule has 1 aliphatic carbocycles. The summed E-state index contributed by atoms with van der Waals surface area (Å²) in [6.45, 7) is 0.550. The van der Waals surface area contributed by atoms with Crippen LogP contribution in [0, 0.1) is 5.92 Å². The molecule has 6 nitrogen and oxygen atoms in total. The van der Waals surface area contributed by atoms with Gasteiger partial charge in [-0.3, -0.25) is 14.3 Å². The summed E-state index contributed by atoms with van der Waals surface area (Å²) in [5.41, 5.74) is 0. The number of carboxylic acids is 1. The van der Waals surface area contributed by atoms with E-state index < -0.39 is 5.97 Å². The number of rotatable bonds is 5. The predicted molar refractivity (Wildman–Crippen MR) is 68.4 cm³/mol. The summed E-state index contributed by atoms with van der Waals surface area (Å²) in [6, 6.07) is 1.82. The second-order valence-corrected chi connectivity index (χ2v) is 4.99. The fraction of sp³-hybridized carbons (Fsp3) is 0.615. The fourth-order valence-electron chi connectivity index (χ4n) is 2.49. The van der Waals surface area contributed by atoms with E-state index in [-0.39, 0.29) is 17.9 Å². The zero-order valence-electron chi connectivity index (χ0n) is 10.8. The lowest BCUT2D eigenvalue weighted by atomic mass is 9.86. The van der Waals surface area contributed by atoms with E-state index in [0.717, 1.165) is 19.3 Å². The third-order valence-electron chi connectivity index (χ3n) is 3.52. The number of amides is 1. The van der Waals surface area contributed by atoms with Crippen LogP contribution in [-0.2, 0) is 16.1 Å². The van der Waals surface area contributed by atoms with Crippen LogP contribution in [0.15, 0.2) is 18.5 Å². The maximum Gasteiger partial charge on any atom is 0.306 e. The summed E-state index contributed by atoms with van der Waals surface area (Å²) < 4.78 is 1.71. The SMILES string of the molecule is O=C(CCn1cccn1)NC1CCCC(C(=O)O)C1. The summed E-state index contributed by atoms with van der Waals surface area (Å²) in [6.07, 6.45) is 6.86. The Morgan fingerprint density at radius 3 is 2.95 bits per heavy atom. The molecule has 1 aromatic rings. The summed E-state index contributed by atoms with van der Waals surface area (Å²) in [4.78, 5) is 22.7. The minimum atomic E-state index is -0.754. The number of nitrogens with zero attached hydrogens (tertiary/aromatic N) is 2. The molecule has 1 amide bonds. The van der Waals surface area contributed by atoms with Crippen LogP contribution in [0.5, 0.6) is 0 Å². The van der Waals surface area contributed by atoms with Gasteiger partial charge in [0.25, 0.3) is 0 Å². The molecule has 0 bridgehead atoms. The lowest BCUT2D eigenvalue weighted by molar-refractivity contribution is -0.143. The Hall–Kier alpha value is -1.85. The van der Waals surface area contributed by atoms with Crippen molar-refractivity contribution in [3.63, 3.8) is 0 Å². The van der Waals surface area contributed by atoms with E-state index in [9.17, 15) is 9.59 Å². The van der Waals surface area contributed by atoms with Gasteiger partial charge in [0.2, 0.25) is 5.91 Å². The maximum atomic E-state index is 11.8. The van der Waals surface area contributed by atoms with Gasteiger partial charge in [0.05, 0.1) is 5.92 Å². The van der Waals surface area contributed by atoms with E-state index >= 15 is 0 Å². The zero-order chi connectivity index (χ0) is 13.7. The van der Waals surface area contributed by atoms with Crippen LogP contribution in [0.1, 0.15) is 32.1 Å². The normalized spacial score (nSPS) is 22.9. The van der Waals surface area contributed by atoms with Gasteiger partial charge in [0, 0.05) is 31.4 Å². The number of hydrogen-bond acceptors (Lipinski definition) is 3. The van der Waals surface area contributed by atoms with Crippen molar-refractivity contribution in [2.45, 2.75) is 44.7 Å². The lowest BCUT2D eigenvalue weighted by Gasteiger charge is -2.27. The van der Waals surface area contributed by atoms with Crippen LogP contribution in [-0.4, -0.2) is 32.8 Å². The van der Waals surface area contributed by atoms with Crippen molar-refractivity contribution in [2.75, 3.05) is 0 Å². The zero-order valence-corrected chi connectivity index (χ0v) is 10.8. The monoisotopic (exact) mass is 265 g/mol. The first kappa shape index (κ1) is 13.6. The van der Waals surface area contributed by atoms with Crippen molar-refractivity contribution in [1.29, 1.82) is 0 Å². The Morgan fingerprint density at radius 1 is 1.42 bits per heavy atom. The first-order chi connectivity index (χ1) is 9.15. The largest absolute Gasteiger partial charge is 0.481 e. The predicted octanol–water partition coefficient (Wildman–Crippen LogP) is 1.03. The number of hydrogen-bond donors (Lipinski definition) is 2. The molecule has 104 valence electrons. The average Bonchev–Trinajstić information content (AvgIpc) is 2.90. The molecule has 2 atom stereocenters. The van der Waals surface area contributed by atoms with Gasteiger partial charge < -0.3 is 10.4 Å². The summed E-state index contributed by atoms with van der Waals surface area (Å²) in [5, 5.41) is 15.9. The highest BCUT2D eigenvalue weighted by Crippen LogP contribution is 2.24. The van der Waals surface area contributed by atoms with Gasteiger partial charge in [-0.25, -0.2) is 0 Å². The molecule has 0 aliphatic heterocycles. The molecule has 0 aromatic carbocycles. The summed E-state index contributed by atoms with van der Waals surface area (Å²) in [7, 11) is 0. The van der Waals surface area contributed by atoms with E-state index in [2.05, 4.69) is 10.4 Å². The number of aromatic nitrogens is 2. The van der Waals surface area contributed by atoms with Crippen molar-refractivity contribution in [1.82, 2.24) is 15.1 Å². The van der Waals surface area contributed by atoms with Crippen LogP contribution in [0.4, 0.5) is 0 Å². The highest BCUT2D eigenvalue weighted by atomic mass is 16.4. The third-order valence-corrected chi connectivity index (χ3v) is 3.52. The van der Waals surface area contributed by atoms with Gasteiger partial charge in [-0.2, -0.15) is 5.10 Å². The van der Waals surface area contributed by atoms with E-state index in [4.69, 9.17) is 5.11 Å². The molecule has 1 heterocycles. The van der Waals surface area contributed by atoms with Gasteiger partial charge in [0.1, 0.15) is 0 Å². The molecule has 2 unspecified atom stereocenters. The van der Waals surface area contributed by atoms with Crippen LogP contribution in [0.3, 0.4) is 0 Å². The first-order valence-corrected chi connectivity index (χ1v) is 6.65. The Labute approximate surface area is 111 Å². The van der Waals surface area contributed by atoms with Gasteiger partial charge in [0.15, 0.2) is 0 Å². The maximum absolute atomic E-state index is 11.8. The van der Waals surface area contributed by atoms with Crippen LogP contribution >= 0.6 is 0 Å². The standard InChI is InChI=1S/C13H19N3O3/c17-12(5-8-16-7-2-6-14-16)15-11-4-1-3-10(9-11)13(18)19/h2,6-7,10-11H,1,3-5,8-9H2,(H,15,17)(H,18,19). The molecule has 1 saturated carbocycles. The van der Waals surface area contributed by atoms with Crippen molar-refractivity contribution in [2.24, 2.45) is 5.92 Å². The van der Waals surface area contributed by atoms with Gasteiger partial charge >= 0.3 is 5.97 Å². The van der Waals surface area contributed by atoms with Crippen molar-refractivity contribution in [3.8, 4) is 0 Å². The van der Waals surface area contributed by atoms with E-state index in [1.165, 1.54) is 0 Å². The van der Waals surface area contributed by atoms with E-state index in [1.807, 2.05) is 12.3 Å². The summed E-state index contributed by atoms with van der Waals surface area (Å²) >= 11 is 0. The molecule has 0 radical (unpaired) electrons. The van der Waals surface area contributed by atoms with Crippen molar-refractivity contribution < 1.29 is 14.7 Å². The smallest absolute Gasteiger partial charge is 0.306 e. The topological polar surface area (TPSA) is 84.2 Å². The quantitative estimate of drug-likeness (QED) is 0.833. The van der Waals surface area contributed by atoms with Crippen LogP contribution in [0.2, 0.25) is 0 Å². The minimum Gasteiger partial charge on any atom is -0.481 e. The van der Waals surface area contributed by atoms with E-state index in [0.29, 0.717) is 19.4 Å². The highest BCUT2D eigenvalue weighted by Gasteiger charge is 2.27. The molecule has 1 fully saturated rings. The van der Waals surface area contributed by atoms with Crippen molar-refractivity contribution >= 4 is 11.9 Å². The Bertz CT molecular complexity index is 430. The van der Waals surface area contributed by atoms with Crippen LogP contribution < -0.4 is 5.32 Å². The molecule has 0 saturated heterocycles. The third kappa shape index (κ3) is 4.08. The molecule has 2 rings (SSSR count). The summed E-state index contributed by atoms with van der Waals surface area (Å²) in [5.74, 6) is -1.10. The van der Waals surface area contributed by atoms with Gasteiger partial charge in [-0.1, -0.05) is 6.42 Å². The second kappa shape index (κ2) is 6.36. The van der Waals surface area contributed by atoms with Crippen molar-refractivity contribution in [3.05, 3.63) is 18.5 Å². The molecule has 2 N–H and O–H groups in total.